The summed E-state index contributed by atoms with van der Waals surface area (Å²) in [7, 11) is 0. The smallest absolute Gasteiger partial charge is 0.135 e. The van der Waals surface area contributed by atoms with Crippen molar-refractivity contribution >= 4 is 40.0 Å². The number of hydrogen-bond donors (Lipinski definition) is 3. The number of nitrogens with one attached hydrogen (secondary N) is 1. The zero-order valence-electron chi connectivity index (χ0n) is 19.6. The molecule has 1 aliphatic rings. The molecule has 1 fully saturated rings. The maximum absolute atomic E-state index is 13.8. The molecule has 6 nitrogen and oxygen atoms in total. The van der Waals surface area contributed by atoms with Crippen molar-refractivity contribution in [3.8, 4) is 11.1 Å². The highest BCUT2D eigenvalue weighted by atomic mass is 35.5. The van der Waals surface area contributed by atoms with Crippen LogP contribution in [0.25, 0.3) is 16.6 Å². The first-order valence-electron chi connectivity index (χ1n) is 11.8. The van der Waals surface area contributed by atoms with Crippen LogP contribution < -0.4 is 16.8 Å². The fourth-order valence-corrected chi connectivity index (χ4v) is 4.93. The van der Waals surface area contributed by atoms with Crippen molar-refractivity contribution in [2.45, 2.75) is 45.1 Å². The van der Waals surface area contributed by atoms with E-state index >= 15 is 0 Å². The first-order chi connectivity index (χ1) is 16.9. The molecule has 4 aromatic rings. The van der Waals surface area contributed by atoms with Gasteiger partial charge in [-0.25, -0.2) is 13.9 Å². The Balaban J connectivity index is 1.64. The first-order valence-corrected chi connectivity index (χ1v) is 12.2. The standard InChI is InChI=1S/C27H28ClFN6/c1-16-11-19(30)8-9-21(16)17-12-25-26(33-20-5-3-2-4-6-20)22(14-32-35(25)15-17)27(31)34-24-13-18(29)7-10-23(24)28/h7-15,20,33H,2-6,30H2,1H3,(H2,31,34). The number of halogens is 2. The minimum Gasteiger partial charge on any atom is -0.399 e. The van der Waals surface area contributed by atoms with E-state index in [9.17, 15) is 4.39 Å². The van der Waals surface area contributed by atoms with E-state index < -0.39 is 5.82 Å². The van der Waals surface area contributed by atoms with Gasteiger partial charge in [-0.1, -0.05) is 36.9 Å². The lowest BCUT2D eigenvalue weighted by atomic mass is 9.95. The SMILES string of the molecule is Cc1cc(N)ccc1-c1cc2c(NC3CCCCC3)c(C(N)=Nc3cc(F)ccc3Cl)cnn2c1. The molecule has 0 bridgehead atoms. The van der Waals surface area contributed by atoms with Gasteiger partial charge in [-0.2, -0.15) is 5.10 Å². The van der Waals surface area contributed by atoms with Gasteiger partial charge in [-0.05, 0) is 61.2 Å². The Morgan fingerprint density at radius 1 is 1.14 bits per heavy atom. The van der Waals surface area contributed by atoms with Crippen molar-refractivity contribution in [3.63, 3.8) is 0 Å². The number of aromatic nitrogens is 2. The Morgan fingerprint density at radius 2 is 1.94 bits per heavy atom. The number of anilines is 2. The Kier molecular flexibility index (Phi) is 6.34. The summed E-state index contributed by atoms with van der Waals surface area (Å²) in [4.78, 5) is 4.46. The maximum atomic E-state index is 13.8. The molecule has 0 aliphatic heterocycles. The fraction of sp³-hybridized carbons (Fsp3) is 0.259. The number of benzene rings is 2. The molecule has 0 atom stereocenters. The van der Waals surface area contributed by atoms with Gasteiger partial charge in [0, 0.05) is 29.6 Å². The quantitative estimate of drug-likeness (QED) is 0.170. The molecule has 2 aromatic heterocycles. The third kappa shape index (κ3) is 4.82. The molecular weight excluding hydrogens is 463 g/mol. The monoisotopic (exact) mass is 490 g/mol. The molecule has 5 N–H and O–H groups in total. The summed E-state index contributed by atoms with van der Waals surface area (Å²) >= 11 is 6.24. The Morgan fingerprint density at radius 3 is 2.71 bits per heavy atom. The maximum Gasteiger partial charge on any atom is 0.135 e. The zero-order chi connectivity index (χ0) is 24.5. The summed E-state index contributed by atoms with van der Waals surface area (Å²) < 4.78 is 15.7. The number of aliphatic imine (C=N–C) groups is 1. The average Bonchev–Trinajstić information content (AvgIpc) is 3.27. The van der Waals surface area contributed by atoms with Crippen molar-refractivity contribution in [2.24, 2.45) is 10.7 Å². The second-order valence-electron chi connectivity index (χ2n) is 9.14. The average molecular weight is 491 g/mol. The van der Waals surface area contributed by atoms with Crippen LogP contribution >= 0.6 is 11.6 Å². The van der Waals surface area contributed by atoms with Crippen LogP contribution in [0.15, 0.2) is 59.9 Å². The molecule has 0 unspecified atom stereocenters. The van der Waals surface area contributed by atoms with Gasteiger partial charge in [0.15, 0.2) is 0 Å². The topological polar surface area (TPSA) is 93.7 Å². The van der Waals surface area contributed by atoms with E-state index in [0.29, 0.717) is 16.6 Å². The Hall–Kier alpha value is -3.58. The summed E-state index contributed by atoms with van der Waals surface area (Å²) in [5.41, 5.74) is 19.0. The van der Waals surface area contributed by atoms with Gasteiger partial charge < -0.3 is 16.8 Å². The van der Waals surface area contributed by atoms with E-state index in [4.69, 9.17) is 23.1 Å². The second kappa shape index (κ2) is 9.58. The van der Waals surface area contributed by atoms with Crippen LogP contribution in [0.1, 0.15) is 43.2 Å². The number of amidine groups is 1. The molecule has 2 aromatic carbocycles. The molecule has 0 saturated heterocycles. The van der Waals surface area contributed by atoms with Crippen molar-refractivity contribution < 1.29 is 4.39 Å². The molecule has 8 heteroatoms. The van der Waals surface area contributed by atoms with Crippen LogP contribution in [0.4, 0.5) is 21.5 Å². The lowest BCUT2D eigenvalue weighted by molar-refractivity contribution is 0.463. The van der Waals surface area contributed by atoms with Gasteiger partial charge in [-0.3, -0.25) is 0 Å². The van der Waals surface area contributed by atoms with Gasteiger partial charge in [0.1, 0.15) is 11.7 Å². The minimum absolute atomic E-state index is 0.220. The number of fused-ring (bicyclic) bond motifs is 1. The lowest BCUT2D eigenvalue weighted by Crippen LogP contribution is -2.25. The van der Waals surface area contributed by atoms with Gasteiger partial charge in [0.2, 0.25) is 0 Å². The highest BCUT2D eigenvalue weighted by molar-refractivity contribution is 6.33. The zero-order valence-corrected chi connectivity index (χ0v) is 20.3. The summed E-state index contributed by atoms with van der Waals surface area (Å²) in [5, 5.41) is 8.67. The predicted octanol–water partition coefficient (Wildman–Crippen LogP) is 6.47. The number of hydrogen-bond acceptors (Lipinski definition) is 4. The second-order valence-corrected chi connectivity index (χ2v) is 9.55. The van der Waals surface area contributed by atoms with Crippen molar-refractivity contribution in [1.29, 1.82) is 0 Å². The highest BCUT2D eigenvalue weighted by Gasteiger charge is 2.20. The fourth-order valence-electron chi connectivity index (χ4n) is 4.77. The lowest BCUT2D eigenvalue weighted by Gasteiger charge is -2.25. The molecule has 1 saturated carbocycles. The van der Waals surface area contributed by atoms with Gasteiger partial charge in [-0.15, -0.1) is 0 Å². The van der Waals surface area contributed by atoms with Gasteiger partial charge >= 0.3 is 0 Å². The molecule has 1 aliphatic carbocycles. The number of nitrogens with zero attached hydrogens (tertiary/aromatic N) is 3. The molecule has 0 spiro atoms. The largest absolute Gasteiger partial charge is 0.399 e. The van der Waals surface area contributed by atoms with E-state index in [1.165, 1.54) is 37.5 Å². The molecule has 0 radical (unpaired) electrons. The number of nitrogens with two attached hydrogens (primary N) is 2. The van der Waals surface area contributed by atoms with Crippen molar-refractivity contribution in [3.05, 3.63) is 76.8 Å². The number of nitrogen functional groups attached to an aromatic ring is 1. The first kappa shape index (κ1) is 23.2. The van der Waals surface area contributed by atoms with Crippen LogP contribution in [-0.4, -0.2) is 21.5 Å². The molecule has 2 heterocycles. The summed E-state index contributed by atoms with van der Waals surface area (Å²) in [6, 6.07) is 12.4. The molecule has 5 rings (SSSR count). The molecular formula is C27H28ClFN6. The van der Waals surface area contributed by atoms with E-state index in [1.807, 2.05) is 35.8 Å². The summed E-state index contributed by atoms with van der Waals surface area (Å²) in [6.07, 6.45) is 9.51. The normalized spacial score (nSPS) is 15.0. The number of rotatable bonds is 5. The van der Waals surface area contributed by atoms with Crippen LogP contribution in [0, 0.1) is 12.7 Å². The molecule has 0 amide bonds. The number of aryl methyl sites for hydroxylation is 1. The predicted molar refractivity (Wildman–Crippen MR) is 142 cm³/mol. The van der Waals surface area contributed by atoms with Gasteiger partial charge in [0.05, 0.1) is 33.7 Å². The third-order valence-electron chi connectivity index (χ3n) is 6.58. The van der Waals surface area contributed by atoms with Gasteiger partial charge in [0.25, 0.3) is 0 Å². The minimum atomic E-state index is -0.426. The van der Waals surface area contributed by atoms with Crippen LogP contribution in [0.3, 0.4) is 0 Å². The van der Waals surface area contributed by atoms with Crippen molar-refractivity contribution in [1.82, 2.24) is 9.61 Å². The summed E-state index contributed by atoms with van der Waals surface area (Å²) in [5.74, 6) is -0.206. The third-order valence-corrected chi connectivity index (χ3v) is 6.90. The van der Waals surface area contributed by atoms with Crippen LogP contribution in [-0.2, 0) is 0 Å². The Labute approximate surface area is 208 Å². The van der Waals surface area contributed by atoms with E-state index in [1.54, 1.807) is 6.20 Å². The highest BCUT2D eigenvalue weighted by Crippen LogP contribution is 2.33. The van der Waals surface area contributed by atoms with Crippen molar-refractivity contribution in [2.75, 3.05) is 11.1 Å². The molecule has 35 heavy (non-hydrogen) atoms. The van der Waals surface area contributed by atoms with E-state index in [0.717, 1.165) is 46.4 Å². The van der Waals surface area contributed by atoms with Crippen LogP contribution in [0.2, 0.25) is 5.02 Å². The Bertz CT molecular complexity index is 1420. The van der Waals surface area contributed by atoms with E-state index in [2.05, 4.69) is 21.5 Å². The van der Waals surface area contributed by atoms with E-state index in [-0.39, 0.29) is 11.5 Å². The summed E-state index contributed by atoms with van der Waals surface area (Å²) in [6.45, 7) is 2.04. The molecule has 180 valence electrons. The van der Waals surface area contributed by atoms with Crippen LogP contribution in [0.5, 0.6) is 0 Å².